The Morgan fingerprint density at radius 2 is 1.88 bits per heavy atom. The van der Waals surface area contributed by atoms with Gasteiger partial charge in [0.2, 0.25) is 0 Å². The van der Waals surface area contributed by atoms with Crippen LogP contribution in [-0.4, -0.2) is 48.6 Å². The predicted octanol–water partition coefficient (Wildman–Crippen LogP) is 1.76. The molecule has 1 aromatic carbocycles. The Bertz CT molecular complexity index is 581. The number of hydrogen-bond acceptors (Lipinski definition) is 5. The SMILES string of the molecule is CSCC[C@@H](NC(N)=O)C(=O)OCC(=O)N(c1ccccc1)C(C)C. The van der Waals surface area contributed by atoms with Crippen LogP contribution in [0.1, 0.15) is 20.3 Å². The van der Waals surface area contributed by atoms with E-state index in [0.717, 1.165) is 5.69 Å². The normalized spacial score (nSPS) is 11.7. The summed E-state index contributed by atoms with van der Waals surface area (Å²) in [6.45, 7) is 3.35. The minimum atomic E-state index is -0.859. The fraction of sp³-hybridized carbons (Fsp3) is 0.471. The van der Waals surface area contributed by atoms with Crippen molar-refractivity contribution in [3.05, 3.63) is 30.3 Å². The van der Waals surface area contributed by atoms with Gasteiger partial charge < -0.3 is 20.7 Å². The molecule has 1 rings (SSSR count). The molecular formula is C17H25N3O4S. The first-order valence-electron chi connectivity index (χ1n) is 7.95. The molecule has 0 aliphatic heterocycles. The molecule has 0 fully saturated rings. The summed E-state index contributed by atoms with van der Waals surface area (Å²) in [4.78, 5) is 37.2. The highest BCUT2D eigenvalue weighted by Crippen LogP contribution is 2.16. The number of urea groups is 1. The average Bonchev–Trinajstić information content (AvgIpc) is 2.57. The van der Waals surface area contributed by atoms with Gasteiger partial charge in [-0.2, -0.15) is 11.8 Å². The maximum Gasteiger partial charge on any atom is 0.329 e. The summed E-state index contributed by atoms with van der Waals surface area (Å²) in [5.74, 6) is -0.355. The molecule has 3 N–H and O–H groups in total. The second-order valence-corrected chi connectivity index (χ2v) is 6.63. The van der Waals surface area contributed by atoms with Crippen molar-refractivity contribution in [3.8, 4) is 0 Å². The van der Waals surface area contributed by atoms with E-state index in [9.17, 15) is 14.4 Å². The molecule has 0 saturated heterocycles. The summed E-state index contributed by atoms with van der Waals surface area (Å²) in [5.41, 5.74) is 5.81. The molecule has 0 aliphatic carbocycles. The van der Waals surface area contributed by atoms with Gasteiger partial charge in [-0.3, -0.25) is 4.79 Å². The fourth-order valence-corrected chi connectivity index (χ4v) is 2.75. The third kappa shape index (κ3) is 7.04. The van der Waals surface area contributed by atoms with Crippen molar-refractivity contribution in [2.24, 2.45) is 5.73 Å². The molecule has 0 aromatic heterocycles. The van der Waals surface area contributed by atoms with E-state index >= 15 is 0 Å². The molecule has 0 saturated carbocycles. The zero-order valence-electron chi connectivity index (χ0n) is 14.7. The molecule has 0 aliphatic rings. The summed E-state index contributed by atoms with van der Waals surface area (Å²) in [6, 6.07) is 7.40. The lowest BCUT2D eigenvalue weighted by atomic mass is 10.2. The number of rotatable bonds is 9. The number of nitrogens with one attached hydrogen (secondary N) is 1. The number of anilines is 1. The molecule has 0 radical (unpaired) electrons. The number of ether oxygens (including phenoxy) is 1. The van der Waals surface area contributed by atoms with Gasteiger partial charge in [0.15, 0.2) is 6.61 Å². The summed E-state index contributed by atoms with van der Waals surface area (Å²) in [5, 5.41) is 2.35. The molecule has 8 heteroatoms. The second-order valence-electron chi connectivity index (χ2n) is 5.64. The van der Waals surface area contributed by atoms with Gasteiger partial charge in [0.1, 0.15) is 6.04 Å². The first-order chi connectivity index (χ1) is 11.9. The highest BCUT2D eigenvalue weighted by atomic mass is 32.2. The molecule has 0 unspecified atom stereocenters. The molecule has 7 nitrogen and oxygen atoms in total. The monoisotopic (exact) mass is 367 g/mol. The zero-order chi connectivity index (χ0) is 18.8. The van der Waals surface area contributed by atoms with E-state index in [0.29, 0.717) is 12.2 Å². The van der Waals surface area contributed by atoms with Crippen LogP contribution in [0.3, 0.4) is 0 Å². The quantitative estimate of drug-likeness (QED) is 0.648. The Balaban J connectivity index is 2.70. The number of esters is 1. The molecule has 0 spiro atoms. The van der Waals surface area contributed by atoms with Crippen LogP contribution in [0.4, 0.5) is 10.5 Å². The van der Waals surface area contributed by atoms with Crippen LogP contribution in [0.25, 0.3) is 0 Å². The van der Waals surface area contributed by atoms with Gasteiger partial charge in [-0.25, -0.2) is 9.59 Å². The summed E-state index contributed by atoms with van der Waals surface area (Å²) >= 11 is 1.53. The maximum atomic E-state index is 12.5. The minimum absolute atomic E-state index is 0.0929. The number of benzene rings is 1. The molecule has 1 aromatic rings. The molecular weight excluding hydrogens is 342 g/mol. The Morgan fingerprint density at radius 3 is 2.40 bits per heavy atom. The Labute approximate surface area is 152 Å². The summed E-state index contributed by atoms with van der Waals surface area (Å²) < 4.78 is 5.11. The van der Waals surface area contributed by atoms with E-state index in [-0.39, 0.29) is 11.9 Å². The van der Waals surface area contributed by atoms with Crippen molar-refractivity contribution in [1.29, 1.82) is 0 Å². The van der Waals surface area contributed by atoms with E-state index < -0.39 is 24.6 Å². The van der Waals surface area contributed by atoms with Gasteiger partial charge in [0.25, 0.3) is 5.91 Å². The van der Waals surface area contributed by atoms with Crippen LogP contribution >= 0.6 is 11.8 Å². The van der Waals surface area contributed by atoms with Crippen molar-refractivity contribution in [2.45, 2.75) is 32.4 Å². The van der Waals surface area contributed by atoms with Crippen LogP contribution in [0.2, 0.25) is 0 Å². The lowest BCUT2D eigenvalue weighted by molar-refractivity contribution is -0.149. The third-order valence-corrected chi connectivity index (χ3v) is 4.01. The van der Waals surface area contributed by atoms with Gasteiger partial charge in [-0.05, 0) is 44.4 Å². The number of nitrogens with two attached hydrogens (primary N) is 1. The van der Waals surface area contributed by atoms with E-state index in [2.05, 4.69) is 5.32 Å². The van der Waals surface area contributed by atoms with Crippen LogP contribution in [0.15, 0.2) is 30.3 Å². The smallest absolute Gasteiger partial charge is 0.329 e. The first-order valence-corrected chi connectivity index (χ1v) is 9.34. The number of nitrogens with zero attached hydrogens (tertiary/aromatic N) is 1. The van der Waals surface area contributed by atoms with Gasteiger partial charge in [-0.15, -0.1) is 0 Å². The number of para-hydroxylation sites is 1. The Hall–Kier alpha value is -2.22. The first kappa shape index (κ1) is 20.8. The number of hydrogen-bond donors (Lipinski definition) is 2. The van der Waals surface area contributed by atoms with Crippen LogP contribution in [0, 0.1) is 0 Å². The average molecular weight is 367 g/mol. The molecule has 0 heterocycles. The third-order valence-electron chi connectivity index (χ3n) is 3.37. The van der Waals surface area contributed by atoms with Crippen molar-refractivity contribution in [3.63, 3.8) is 0 Å². The molecule has 3 amide bonds. The zero-order valence-corrected chi connectivity index (χ0v) is 15.5. The van der Waals surface area contributed by atoms with E-state index in [1.54, 1.807) is 4.90 Å². The van der Waals surface area contributed by atoms with Crippen LogP contribution in [0.5, 0.6) is 0 Å². The predicted molar refractivity (Wildman–Crippen MR) is 99.5 cm³/mol. The number of primary amides is 1. The van der Waals surface area contributed by atoms with E-state index in [1.807, 2.05) is 50.4 Å². The topological polar surface area (TPSA) is 102 Å². The second kappa shape index (κ2) is 10.6. The standard InChI is InChI=1S/C17H25N3O4S/c1-12(2)20(13-7-5-4-6-8-13)15(21)11-24-16(22)14(9-10-25-3)19-17(18)23/h4-8,12,14H,9-11H2,1-3H3,(H3,18,19,23)/t14-/m1/s1. The van der Waals surface area contributed by atoms with Crippen molar-refractivity contribution in [1.82, 2.24) is 5.32 Å². The van der Waals surface area contributed by atoms with Crippen molar-refractivity contribution >= 4 is 35.4 Å². The van der Waals surface area contributed by atoms with Gasteiger partial charge >= 0.3 is 12.0 Å². The summed E-state index contributed by atoms with van der Waals surface area (Å²) in [7, 11) is 0. The highest BCUT2D eigenvalue weighted by Gasteiger charge is 2.24. The van der Waals surface area contributed by atoms with E-state index in [1.165, 1.54) is 11.8 Å². The fourth-order valence-electron chi connectivity index (χ4n) is 2.28. The molecule has 138 valence electrons. The number of carbonyl (C=O) groups is 3. The number of thioether (sulfide) groups is 1. The van der Waals surface area contributed by atoms with Gasteiger partial charge in [0.05, 0.1) is 0 Å². The van der Waals surface area contributed by atoms with E-state index in [4.69, 9.17) is 10.5 Å². The van der Waals surface area contributed by atoms with Gasteiger partial charge in [0, 0.05) is 11.7 Å². The van der Waals surface area contributed by atoms with Gasteiger partial charge in [-0.1, -0.05) is 18.2 Å². The minimum Gasteiger partial charge on any atom is -0.454 e. The summed E-state index contributed by atoms with van der Waals surface area (Å²) in [6.07, 6.45) is 2.26. The Morgan fingerprint density at radius 1 is 1.24 bits per heavy atom. The number of amides is 3. The number of carbonyl (C=O) groups excluding carboxylic acids is 3. The highest BCUT2D eigenvalue weighted by molar-refractivity contribution is 7.98. The van der Waals surface area contributed by atoms with Crippen LogP contribution < -0.4 is 16.0 Å². The molecule has 25 heavy (non-hydrogen) atoms. The molecule has 1 atom stereocenters. The lowest BCUT2D eigenvalue weighted by Gasteiger charge is -2.27. The Kier molecular flexibility index (Phi) is 8.83. The maximum absolute atomic E-state index is 12.5. The van der Waals surface area contributed by atoms with Crippen molar-refractivity contribution in [2.75, 3.05) is 23.5 Å². The largest absolute Gasteiger partial charge is 0.454 e. The van der Waals surface area contributed by atoms with Crippen molar-refractivity contribution < 1.29 is 19.1 Å². The lowest BCUT2D eigenvalue weighted by Crippen LogP contribution is -2.46. The molecule has 0 bridgehead atoms. The van der Waals surface area contributed by atoms with Crippen LogP contribution in [-0.2, 0) is 14.3 Å².